The molecule has 5 N–H and O–H groups in total. The molecule has 0 unspecified atom stereocenters. The lowest BCUT2D eigenvalue weighted by Crippen LogP contribution is -2.46. The summed E-state index contributed by atoms with van der Waals surface area (Å²) in [6.45, 7) is 6.20. The number of esters is 1. The molecular formula is C18H28N4O8. The summed E-state index contributed by atoms with van der Waals surface area (Å²) in [7, 11) is 0. The lowest BCUT2D eigenvalue weighted by atomic mass is 9.96. The molecule has 0 aromatic carbocycles. The van der Waals surface area contributed by atoms with Gasteiger partial charge in [0.25, 0.3) is 0 Å². The Labute approximate surface area is 172 Å². The molecule has 0 bridgehead atoms. The van der Waals surface area contributed by atoms with E-state index in [9.17, 15) is 24.6 Å². The SMILES string of the molecule is CCOC(=O)Nc1ccn([C@@H]2O[C@H](COC(=O)[C@@H](N)C(C)C)[C@@H](O)[C@@]2(C)O)c(=O)n1. The number of nitrogens with one attached hydrogen (secondary N) is 1. The van der Waals surface area contributed by atoms with E-state index in [0.717, 1.165) is 4.57 Å². The van der Waals surface area contributed by atoms with E-state index in [1.807, 2.05) is 0 Å². The summed E-state index contributed by atoms with van der Waals surface area (Å²) in [6.07, 6.45) is -3.41. The number of nitrogens with zero attached hydrogens (tertiary/aromatic N) is 2. The summed E-state index contributed by atoms with van der Waals surface area (Å²) < 4.78 is 16.4. The molecule has 0 spiro atoms. The van der Waals surface area contributed by atoms with Crippen LogP contribution >= 0.6 is 0 Å². The molecule has 2 rings (SSSR count). The van der Waals surface area contributed by atoms with E-state index < -0.39 is 47.8 Å². The van der Waals surface area contributed by atoms with Crippen LogP contribution in [0.2, 0.25) is 0 Å². The molecule has 1 aromatic heterocycles. The third-order valence-electron chi connectivity index (χ3n) is 4.72. The summed E-state index contributed by atoms with van der Waals surface area (Å²) >= 11 is 0. The number of carbonyl (C=O) groups is 2. The Morgan fingerprint density at radius 2 is 2.10 bits per heavy atom. The van der Waals surface area contributed by atoms with Crippen molar-refractivity contribution in [3.05, 3.63) is 22.7 Å². The second kappa shape index (κ2) is 9.51. The Balaban J connectivity index is 2.13. The molecule has 2 heterocycles. The first-order valence-corrected chi connectivity index (χ1v) is 9.50. The van der Waals surface area contributed by atoms with E-state index in [2.05, 4.69) is 10.3 Å². The highest BCUT2D eigenvalue weighted by Gasteiger charge is 2.53. The topological polar surface area (TPSA) is 175 Å². The number of aliphatic hydroxyl groups is 2. The highest BCUT2D eigenvalue weighted by Crippen LogP contribution is 2.37. The monoisotopic (exact) mass is 428 g/mol. The van der Waals surface area contributed by atoms with Gasteiger partial charge < -0.3 is 30.2 Å². The van der Waals surface area contributed by atoms with Gasteiger partial charge in [-0.3, -0.25) is 14.7 Å². The van der Waals surface area contributed by atoms with Crippen molar-refractivity contribution in [1.82, 2.24) is 9.55 Å². The van der Waals surface area contributed by atoms with Crippen LogP contribution in [-0.2, 0) is 19.0 Å². The third kappa shape index (κ3) is 5.14. The van der Waals surface area contributed by atoms with Gasteiger partial charge in [-0.25, -0.2) is 9.59 Å². The first kappa shape index (κ1) is 23.7. The van der Waals surface area contributed by atoms with E-state index in [-0.39, 0.29) is 24.9 Å². The smallest absolute Gasteiger partial charge is 0.412 e. The number of hydrogen-bond acceptors (Lipinski definition) is 10. The summed E-state index contributed by atoms with van der Waals surface area (Å²) in [5.74, 6) is -0.868. The minimum Gasteiger partial charge on any atom is -0.462 e. The highest BCUT2D eigenvalue weighted by atomic mass is 16.6. The van der Waals surface area contributed by atoms with Crippen LogP contribution in [0.5, 0.6) is 0 Å². The van der Waals surface area contributed by atoms with Gasteiger partial charge in [-0.15, -0.1) is 0 Å². The molecule has 168 valence electrons. The number of anilines is 1. The van der Waals surface area contributed by atoms with Gasteiger partial charge in [-0.2, -0.15) is 4.98 Å². The molecule has 0 saturated carbocycles. The highest BCUT2D eigenvalue weighted by molar-refractivity contribution is 5.83. The third-order valence-corrected chi connectivity index (χ3v) is 4.72. The Morgan fingerprint density at radius 3 is 2.67 bits per heavy atom. The van der Waals surface area contributed by atoms with E-state index in [1.54, 1.807) is 20.8 Å². The van der Waals surface area contributed by atoms with Crippen molar-refractivity contribution >= 4 is 17.9 Å². The predicted molar refractivity (Wildman–Crippen MR) is 103 cm³/mol. The zero-order chi connectivity index (χ0) is 22.6. The lowest BCUT2D eigenvalue weighted by Gasteiger charge is -2.27. The Morgan fingerprint density at radius 1 is 1.43 bits per heavy atom. The molecule has 0 aliphatic carbocycles. The van der Waals surface area contributed by atoms with E-state index in [1.165, 1.54) is 19.2 Å². The van der Waals surface area contributed by atoms with Crippen LogP contribution in [0.15, 0.2) is 17.1 Å². The standard InChI is InChI=1S/C18H28N4O8/c1-5-28-17(26)21-11-6-7-22(16(25)20-11)15-18(4,27)13(23)10(30-15)8-29-14(24)12(19)9(2)3/h6-7,9-10,12-13,15,23,27H,5,8,19H2,1-4H3,(H,20,21,25,26)/t10-,12+,13-,15-,18-/m1/s1. The van der Waals surface area contributed by atoms with E-state index in [0.29, 0.717) is 0 Å². The molecule has 1 amide bonds. The number of amides is 1. The lowest BCUT2D eigenvalue weighted by molar-refractivity contribution is -0.152. The first-order valence-electron chi connectivity index (χ1n) is 9.50. The number of aliphatic hydroxyl groups excluding tert-OH is 1. The van der Waals surface area contributed by atoms with Crippen LogP contribution in [0.25, 0.3) is 0 Å². The molecule has 1 aliphatic heterocycles. The van der Waals surface area contributed by atoms with Gasteiger partial charge in [0.2, 0.25) is 0 Å². The van der Waals surface area contributed by atoms with Crippen molar-refractivity contribution < 1.29 is 34.0 Å². The van der Waals surface area contributed by atoms with Crippen molar-refractivity contribution in [3.8, 4) is 0 Å². The number of nitrogens with two attached hydrogens (primary N) is 1. The van der Waals surface area contributed by atoms with Crippen LogP contribution in [0, 0.1) is 5.92 Å². The quantitative estimate of drug-likeness (QED) is 0.408. The summed E-state index contributed by atoms with van der Waals surface area (Å²) in [6, 6.07) is 0.463. The van der Waals surface area contributed by atoms with Gasteiger partial charge >= 0.3 is 17.8 Å². The van der Waals surface area contributed by atoms with Crippen molar-refractivity contribution in [2.45, 2.75) is 57.8 Å². The van der Waals surface area contributed by atoms with Crippen molar-refractivity contribution in [2.75, 3.05) is 18.5 Å². The molecule has 1 aromatic rings. The first-order chi connectivity index (χ1) is 14.0. The molecule has 12 heteroatoms. The van der Waals surface area contributed by atoms with Gasteiger partial charge in [0.1, 0.15) is 36.3 Å². The maximum Gasteiger partial charge on any atom is 0.412 e. The maximum absolute atomic E-state index is 12.4. The van der Waals surface area contributed by atoms with E-state index in [4.69, 9.17) is 19.9 Å². The number of carbonyl (C=O) groups excluding carboxylic acids is 2. The summed E-state index contributed by atoms with van der Waals surface area (Å²) in [5.41, 5.74) is 2.98. The average molecular weight is 428 g/mol. The Bertz CT molecular complexity index is 825. The minimum absolute atomic E-state index is 0.0546. The molecule has 1 aliphatic rings. The van der Waals surface area contributed by atoms with Crippen LogP contribution in [0.4, 0.5) is 10.6 Å². The Hall–Kier alpha value is -2.54. The number of ether oxygens (including phenoxy) is 3. The molecule has 12 nitrogen and oxygen atoms in total. The van der Waals surface area contributed by atoms with Crippen LogP contribution < -0.4 is 16.7 Å². The van der Waals surface area contributed by atoms with Crippen LogP contribution in [0.3, 0.4) is 0 Å². The number of hydrogen-bond donors (Lipinski definition) is 4. The fourth-order valence-electron chi connectivity index (χ4n) is 2.84. The fourth-order valence-corrected chi connectivity index (χ4v) is 2.84. The molecular weight excluding hydrogens is 400 g/mol. The molecule has 0 radical (unpaired) electrons. The molecule has 5 atom stereocenters. The van der Waals surface area contributed by atoms with Gasteiger partial charge in [0, 0.05) is 6.20 Å². The van der Waals surface area contributed by atoms with Gasteiger partial charge in [0.05, 0.1) is 6.61 Å². The van der Waals surface area contributed by atoms with Crippen LogP contribution in [0.1, 0.15) is 33.9 Å². The van der Waals surface area contributed by atoms with Gasteiger partial charge in [0.15, 0.2) is 6.23 Å². The second-order valence-electron chi connectivity index (χ2n) is 7.45. The zero-order valence-electron chi connectivity index (χ0n) is 17.3. The largest absolute Gasteiger partial charge is 0.462 e. The van der Waals surface area contributed by atoms with Gasteiger partial charge in [-0.05, 0) is 25.8 Å². The van der Waals surface area contributed by atoms with Crippen LogP contribution in [-0.4, -0.2) is 68.9 Å². The maximum atomic E-state index is 12.4. The normalized spacial score (nSPS) is 27.0. The molecule has 30 heavy (non-hydrogen) atoms. The Kier molecular flexibility index (Phi) is 7.53. The minimum atomic E-state index is -1.89. The summed E-state index contributed by atoms with van der Waals surface area (Å²) in [5, 5.41) is 23.4. The fraction of sp³-hybridized carbons (Fsp3) is 0.667. The summed E-state index contributed by atoms with van der Waals surface area (Å²) in [4.78, 5) is 39.4. The van der Waals surface area contributed by atoms with E-state index >= 15 is 0 Å². The number of aromatic nitrogens is 2. The van der Waals surface area contributed by atoms with Crippen molar-refractivity contribution in [3.63, 3.8) is 0 Å². The average Bonchev–Trinajstić information content (AvgIpc) is 2.89. The molecule has 1 saturated heterocycles. The van der Waals surface area contributed by atoms with Crippen molar-refractivity contribution in [1.29, 1.82) is 0 Å². The zero-order valence-corrected chi connectivity index (χ0v) is 17.3. The van der Waals surface area contributed by atoms with Crippen molar-refractivity contribution in [2.24, 2.45) is 11.7 Å². The van der Waals surface area contributed by atoms with Gasteiger partial charge in [-0.1, -0.05) is 13.8 Å². The molecule has 1 fully saturated rings. The predicted octanol–water partition coefficient (Wildman–Crippen LogP) is -0.652. The number of rotatable bonds is 7. The second-order valence-corrected chi connectivity index (χ2v) is 7.45.